The Balaban J connectivity index is 1.60. The van der Waals surface area contributed by atoms with Crippen LogP contribution in [0.4, 0.5) is 14.5 Å². The third kappa shape index (κ3) is 4.70. The zero-order chi connectivity index (χ0) is 24.6. The van der Waals surface area contributed by atoms with Gasteiger partial charge in [-0.2, -0.15) is 13.9 Å². The molecule has 15 heteroatoms. The SMILES string of the molecule is O=C(O)C(Cc1ccn(C(F)F)n1)N1CC(=O)N(c2cc(Cl)ccc2-n2cc(Cl)nn2)CC1=O. The Hall–Kier alpha value is -3.58. The van der Waals surface area contributed by atoms with Crippen LogP contribution in [0.3, 0.4) is 0 Å². The van der Waals surface area contributed by atoms with Gasteiger partial charge in [0.25, 0.3) is 0 Å². The van der Waals surface area contributed by atoms with Crippen LogP contribution in [-0.4, -0.2) is 71.7 Å². The molecule has 178 valence electrons. The number of carbonyl (C=O) groups excluding carboxylic acids is 2. The number of carboxylic acid groups (broad SMARTS) is 1. The van der Waals surface area contributed by atoms with E-state index in [0.717, 1.165) is 16.0 Å². The Labute approximate surface area is 200 Å². The second-order valence-electron chi connectivity index (χ2n) is 7.24. The largest absolute Gasteiger partial charge is 0.480 e. The zero-order valence-electron chi connectivity index (χ0n) is 17.1. The van der Waals surface area contributed by atoms with Crippen LogP contribution < -0.4 is 4.90 Å². The number of piperazine rings is 1. The summed E-state index contributed by atoms with van der Waals surface area (Å²) in [4.78, 5) is 39.9. The molecule has 0 aliphatic carbocycles. The van der Waals surface area contributed by atoms with Gasteiger partial charge in [-0.05, 0) is 24.3 Å². The van der Waals surface area contributed by atoms with Gasteiger partial charge in [-0.3, -0.25) is 14.5 Å². The first kappa shape index (κ1) is 23.6. The highest BCUT2D eigenvalue weighted by Gasteiger charge is 2.39. The van der Waals surface area contributed by atoms with Crippen LogP contribution in [0.2, 0.25) is 10.2 Å². The third-order valence-corrected chi connectivity index (χ3v) is 5.50. The molecule has 1 atom stereocenters. The molecule has 2 amide bonds. The zero-order valence-corrected chi connectivity index (χ0v) is 18.6. The smallest absolute Gasteiger partial charge is 0.333 e. The Morgan fingerprint density at radius 1 is 1.12 bits per heavy atom. The Bertz CT molecular complexity index is 1270. The number of amides is 2. The lowest BCUT2D eigenvalue weighted by atomic mass is 10.1. The minimum atomic E-state index is -2.89. The first-order chi connectivity index (χ1) is 16.1. The van der Waals surface area contributed by atoms with Gasteiger partial charge in [0.05, 0.1) is 23.3 Å². The topological polar surface area (TPSA) is 126 Å². The van der Waals surface area contributed by atoms with E-state index in [0.29, 0.717) is 10.4 Å². The molecule has 11 nitrogen and oxygen atoms in total. The lowest BCUT2D eigenvalue weighted by Crippen LogP contribution is -2.59. The Kier molecular flexibility index (Phi) is 6.48. The van der Waals surface area contributed by atoms with E-state index >= 15 is 0 Å². The molecule has 0 radical (unpaired) electrons. The average Bonchev–Trinajstić information content (AvgIpc) is 3.42. The predicted molar refractivity (Wildman–Crippen MR) is 114 cm³/mol. The lowest BCUT2D eigenvalue weighted by molar-refractivity contribution is -0.152. The molecule has 0 spiro atoms. The maximum Gasteiger partial charge on any atom is 0.333 e. The van der Waals surface area contributed by atoms with Crippen molar-refractivity contribution in [2.45, 2.75) is 19.0 Å². The minimum Gasteiger partial charge on any atom is -0.480 e. The summed E-state index contributed by atoms with van der Waals surface area (Å²) in [5.41, 5.74) is 0.649. The first-order valence-electron chi connectivity index (χ1n) is 9.66. The number of hydrogen-bond donors (Lipinski definition) is 1. The summed E-state index contributed by atoms with van der Waals surface area (Å²) in [5.74, 6) is -2.65. The number of nitrogens with zero attached hydrogens (tertiary/aromatic N) is 7. The maximum atomic E-state index is 13.0. The second-order valence-corrected chi connectivity index (χ2v) is 8.07. The average molecular weight is 514 g/mol. The number of aromatic nitrogens is 5. The Morgan fingerprint density at radius 2 is 1.88 bits per heavy atom. The van der Waals surface area contributed by atoms with Crippen molar-refractivity contribution in [1.82, 2.24) is 29.7 Å². The number of hydrogen-bond acceptors (Lipinski definition) is 6. The molecule has 1 unspecified atom stereocenters. The van der Waals surface area contributed by atoms with Crippen LogP contribution in [0.5, 0.6) is 0 Å². The summed E-state index contributed by atoms with van der Waals surface area (Å²) < 4.78 is 27.2. The molecule has 1 aromatic carbocycles. The van der Waals surface area contributed by atoms with Crippen molar-refractivity contribution in [3.8, 4) is 5.69 Å². The highest BCUT2D eigenvalue weighted by Crippen LogP contribution is 2.30. The molecule has 0 bridgehead atoms. The molecule has 1 aliphatic rings. The Morgan fingerprint density at radius 3 is 2.50 bits per heavy atom. The quantitative estimate of drug-likeness (QED) is 0.512. The summed E-state index contributed by atoms with van der Waals surface area (Å²) in [7, 11) is 0. The molecule has 1 N–H and O–H groups in total. The van der Waals surface area contributed by atoms with Crippen LogP contribution in [0.15, 0.2) is 36.7 Å². The van der Waals surface area contributed by atoms with Crippen LogP contribution in [0, 0.1) is 0 Å². The summed E-state index contributed by atoms with van der Waals surface area (Å²) in [6.07, 6.45) is 2.05. The monoisotopic (exact) mass is 513 g/mol. The maximum absolute atomic E-state index is 13.0. The summed E-state index contributed by atoms with van der Waals surface area (Å²) in [6, 6.07) is 4.32. The number of carboxylic acids is 1. The fraction of sp³-hybridized carbons (Fsp3) is 0.263. The molecule has 3 heterocycles. The summed E-state index contributed by atoms with van der Waals surface area (Å²) >= 11 is 11.9. The fourth-order valence-corrected chi connectivity index (χ4v) is 3.82. The van der Waals surface area contributed by atoms with Gasteiger partial charge in [-0.15, -0.1) is 5.10 Å². The van der Waals surface area contributed by atoms with E-state index in [1.807, 2.05) is 0 Å². The first-order valence-corrected chi connectivity index (χ1v) is 10.4. The molecule has 4 rings (SSSR count). The molecule has 3 aromatic rings. The van der Waals surface area contributed by atoms with E-state index in [1.165, 1.54) is 23.0 Å². The van der Waals surface area contributed by atoms with Crippen molar-refractivity contribution in [3.63, 3.8) is 0 Å². The van der Waals surface area contributed by atoms with Gasteiger partial charge in [-0.25, -0.2) is 14.2 Å². The lowest BCUT2D eigenvalue weighted by Gasteiger charge is -2.37. The number of aliphatic carboxylic acids is 1. The number of anilines is 1. The van der Waals surface area contributed by atoms with E-state index in [2.05, 4.69) is 15.4 Å². The molecule has 1 aliphatic heterocycles. The molecule has 1 saturated heterocycles. The van der Waals surface area contributed by atoms with E-state index < -0.39 is 43.5 Å². The van der Waals surface area contributed by atoms with Gasteiger partial charge in [-0.1, -0.05) is 28.4 Å². The molecule has 0 saturated carbocycles. The highest BCUT2D eigenvalue weighted by molar-refractivity contribution is 6.31. The molecular formula is C19H15Cl2F2N7O4. The summed E-state index contributed by atoms with van der Waals surface area (Å²) in [5, 5.41) is 21.2. The minimum absolute atomic E-state index is 0.0376. The molecular weight excluding hydrogens is 499 g/mol. The van der Waals surface area contributed by atoms with Crippen molar-refractivity contribution in [3.05, 3.63) is 52.5 Å². The van der Waals surface area contributed by atoms with Gasteiger partial charge in [0.1, 0.15) is 19.1 Å². The third-order valence-electron chi connectivity index (χ3n) is 5.09. The van der Waals surface area contributed by atoms with Crippen molar-refractivity contribution in [2.24, 2.45) is 0 Å². The number of alkyl halides is 2. The predicted octanol–water partition coefficient (Wildman–Crippen LogP) is 2.04. The second kappa shape index (κ2) is 9.35. The van der Waals surface area contributed by atoms with Crippen LogP contribution in [-0.2, 0) is 20.8 Å². The molecule has 1 fully saturated rings. The molecule has 2 aromatic heterocycles. The van der Waals surface area contributed by atoms with Gasteiger partial charge >= 0.3 is 12.5 Å². The van der Waals surface area contributed by atoms with Crippen LogP contribution in [0.1, 0.15) is 12.2 Å². The molecule has 34 heavy (non-hydrogen) atoms. The number of benzene rings is 1. The van der Waals surface area contributed by atoms with Crippen LogP contribution >= 0.6 is 23.2 Å². The highest BCUT2D eigenvalue weighted by atomic mass is 35.5. The normalized spacial score (nSPS) is 15.3. The van der Waals surface area contributed by atoms with Gasteiger partial charge in [0.15, 0.2) is 5.15 Å². The van der Waals surface area contributed by atoms with Crippen molar-refractivity contribution < 1.29 is 28.3 Å². The van der Waals surface area contributed by atoms with Gasteiger partial charge < -0.3 is 10.0 Å². The van der Waals surface area contributed by atoms with Crippen LogP contribution in [0.25, 0.3) is 5.69 Å². The van der Waals surface area contributed by atoms with E-state index in [4.69, 9.17) is 23.2 Å². The van der Waals surface area contributed by atoms with Crippen molar-refractivity contribution in [1.29, 1.82) is 0 Å². The van der Waals surface area contributed by atoms with E-state index in [-0.39, 0.29) is 28.0 Å². The van der Waals surface area contributed by atoms with E-state index in [9.17, 15) is 28.3 Å². The number of carbonyl (C=O) groups is 3. The summed E-state index contributed by atoms with van der Waals surface area (Å²) in [6.45, 7) is -3.94. The van der Waals surface area contributed by atoms with Gasteiger partial charge in [0.2, 0.25) is 11.8 Å². The van der Waals surface area contributed by atoms with Crippen molar-refractivity contribution >= 4 is 46.7 Å². The number of rotatable bonds is 7. The van der Waals surface area contributed by atoms with Gasteiger partial charge in [0, 0.05) is 17.6 Å². The fourth-order valence-electron chi connectivity index (χ4n) is 3.53. The van der Waals surface area contributed by atoms with Crippen molar-refractivity contribution in [2.75, 3.05) is 18.0 Å². The van der Waals surface area contributed by atoms with E-state index in [1.54, 1.807) is 12.1 Å². The number of halogens is 4. The standard InChI is InChI=1S/C19H15Cl2F2N7O4/c20-10-1-2-12(30-7-15(21)24-26-30)13(5-10)27-8-17(32)28(9-16(27)31)14(18(33)34)6-11-3-4-29(25-11)19(22)23/h1-5,7,14,19H,6,8-9H2,(H,33,34).